The Morgan fingerprint density at radius 2 is 1.70 bits per heavy atom. The average Bonchev–Trinajstić information content (AvgIpc) is 3.23. The summed E-state index contributed by atoms with van der Waals surface area (Å²) in [7, 11) is 1.49. The van der Waals surface area contributed by atoms with Crippen LogP contribution in [0, 0.1) is 0 Å². The van der Waals surface area contributed by atoms with Gasteiger partial charge in [-0.2, -0.15) is 0 Å². The third-order valence-electron chi connectivity index (χ3n) is 4.09. The molecular formula is C21H18F3N3O3. The van der Waals surface area contributed by atoms with Crippen LogP contribution in [0.1, 0.15) is 10.4 Å². The summed E-state index contributed by atoms with van der Waals surface area (Å²) >= 11 is 0. The van der Waals surface area contributed by atoms with Crippen molar-refractivity contribution in [2.45, 2.75) is 6.36 Å². The topological polar surface area (TPSA) is 63.6 Å². The minimum absolute atomic E-state index is 0.229. The van der Waals surface area contributed by atoms with Gasteiger partial charge in [0.15, 0.2) is 0 Å². The maximum Gasteiger partial charge on any atom is 0.573 e. The molecule has 0 spiro atoms. The summed E-state index contributed by atoms with van der Waals surface area (Å²) in [6, 6.07) is 15.5. The van der Waals surface area contributed by atoms with E-state index in [1.165, 1.54) is 24.1 Å². The van der Waals surface area contributed by atoms with E-state index in [2.05, 4.69) is 10.1 Å². The van der Waals surface area contributed by atoms with Gasteiger partial charge in [0, 0.05) is 36.4 Å². The van der Waals surface area contributed by atoms with E-state index < -0.39 is 18.0 Å². The number of nitrogens with one attached hydrogen (secondary N) is 1. The number of rotatable bonds is 6. The first-order valence-corrected chi connectivity index (χ1v) is 8.86. The van der Waals surface area contributed by atoms with Crippen LogP contribution >= 0.6 is 0 Å². The number of hydrogen-bond donors (Lipinski definition) is 1. The second-order valence-corrected chi connectivity index (χ2v) is 6.42. The smallest absolute Gasteiger partial charge is 0.406 e. The van der Waals surface area contributed by atoms with Crippen LogP contribution in [0.3, 0.4) is 0 Å². The van der Waals surface area contributed by atoms with Crippen molar-refractivity contribution in [2.24, 2.45) is 0 Å². The maximum atomic E-state index is 12.6. The van der Waals surface area contributed by atoms with Gasteiger partial charge >= 0.3 is 6.36 Å². The Kier molecular flexibility index (Phi) is 6.10. The fourth-order valence-corrected chi connectivity index (χ4v) is 2.75. The number of ether oxygens (including phenoxy) is 1. The molecule has 0 aliphatic carbocycles. The Balaban J connectivity index is 1.59. The zero-order valence-corrected chi connectivity index (χ0v) is 15.9. The van der Waals surface area contributed by atoms with Crippen LogP contribution in [0.2, 0.25) is 0 Å². The molecule has 3 aromatic rings. The summed E-state index contributed by atoms with van der Waals surface area (Å²) in [5, 5.41) is 2.53. The molecule has 0 bridgehead atoms. The lowest BCUT2D eigenvalue weighted by molar-refractivity contribution is -0.274. The van der Waals surface area contributed by atoms with E-state index in [0.29, 0.717) is 5.56 Å². The predicted octanol–water partition coefficient (Wildman–Crippen LogP) is 4.09. The number of carbonyl (C=O) groups excluding carboxylic acids is 2. The van der Waals surface area contributed by atoms with Gasteiger partial charge in [-0.3, -0.25) is 9.59 Å². The molecule has 0 aliphatic rings. The minimum atomic E-state index is -4.79. The number of likely N-dealkylation sites (N-methyl/N-ethyl adjacent to an activating group) is 1. The summed E-state index contributed by atoms with van der Waals surface area (Å²) in [4.78, 5) is 26.1. The van der Waals surface area contributed by atoms with Crippen molar-refractivity contribution in [1.82, 2.24) is 9.47 Å². The fourth-order valence-electron chi connectivity index (χ4n) is 2.75. The van der Waals surface area contributed by atoms with Crippen LogP contribution in [0.25, 0.3) is 5.69 Å². The number of benzene rings is 2. The summed E-state index contributed by atoms with van der Waals surface area (Å²) < 4.78 is 42.2. The van der Waals surface area contributed by atoms with Gasteiger partial charge in [-0.25, -0.2) is 0 Å². The van der Waals surface area contributed by atoms with E-state index in [1.54, 1.807) is 18.2 Å². The molecule has 0 unspecified atom stereocenters. The van der Waals surface area contributed by atoms with E-state index >= 15 is 0 Å². The van der Waals surface area contributed by atoms with Crippen molar-refractivity contribution in [1.29, 1.82) is 0 Å². The van der Waals surface area contributed by atoms with E-state index in [4.69, 9.17) is 0 Å². The molecule has 0 radical (unpaired) electrons. The fraction of sp³-hybridized carbons (Fsp3) is 0.143. The van der Waals surface area contributed by atoms with Gasteiger partial charge < -0.3 is 19.5 Å². The molecule has 0 fully saturated rings. The zero-order valence-electron chi connectivity index (χ0n) is 15.9. The monoisotopic (exact) mass is 417 g/mol. The Morgan fingerprint density at radius 3 is 2.33 bits per heavy atom. The number of aromatic nitrogens is 1. The molecule has 0 saturated carbocycles. The van der Waals surface area contributed by atoms with Crippen LogP contribution in [-0.2, 0) is 4.79 Å². The van der Waals surface area contributed by atoms with Crippen LogP contribution in [0.5, 0.6) is 5.75 Å². The van der Waals surface area contributed by atoms with Gasteiger partial charge in [-0.1, -0.05) is 6.07 Å². The highest BCUT2D eigenvalue weighted by Crippen LogP contribution is 2.24. The van der Waals surface area contributed by atoms with Crippen LogP contribution in [-0.4, -0.2) is 41.2 Å². The SMILES string of the molecule is CN(CC(=O)Nc1ccc(OC(F)(F)F)cc1)C(=O)c1cccc(-n2cccc2)c1. The molecule has 2 amide bonds. The van der Waals surface area contributed by atoms with Crippen molar-refractivity contribution < 1.29 is 27.5 Å². The van der Waals surface area contributed by atoms with Crippen molar-refractivity contribution in [2.75, 3.05) is 18.9 Å². The quantitative estimate of drug-likeness (QED) is 0.657. The summed E-state index contributed by atoms with van der Waals surface area (Å²) in [5.74, 6) is -1.22. The summed E-state index contributed by atoms with van der Waals surface area (Å²) in [5.41, 5.74) is 1.51. The average molecular weight is 417 g/mol. The van der Waals surface area contributed by atoms with E-state index in [9.17, 15) is 22.8 Å². The number of anilines is 1. The molecule has 1 heterocycles. The second kappa shape index (κ2) is 8.73. The standard InChI is InChI=1S/C21H18F3N3O3/c1-26(20(29)15-5-4-6-17(13-15)27-11-2-3-12-27)14-19(28)25-16-7-9-18(10-8-16)30-21(22,23)24/h2-13H,14H2,1H3,(H,25,28). The summed E-state index contributed by atoms with van der Waals surface area (Å²) in [6.45, 7) is -0.229. The highest BCUT2D eigenvalue weighted by molar-refractivity contribution is 5.99. The third-order valence-corrected chi connectivity index (χ3v) is 4.09. The van der Waals surface area contributed by atoms with Gasteiger partial charge in [0.05, 0.1) is 6.54 Å². The Hall–Kier alpha value is -3.75. The van der Waals surface area contributed by atoms with Gasteiger partial charge in [0.25, 0.3) is 5.91 Å². The normalized spacial score (nSPS) is 11.1. The number of hydrogen-bond acceptors (Lipinski definition) is 3. The Labute approximate surface area is 170 Å². The van der Waals surface area contributed by atoms with Crippen molar-refractivity contribution >= 4 is 17.5 Å². The molecule has 156 valence electrons. The number of halogens is 3. The first-order chi connectivity index (χ1) is 14.2. The van der Waals surface area contributed by atoms with Crippen molar-refractivity contribution in [3.8, 4) is 11.4 Å². The molecule has 1 N–H and O–H groups in total. The molecule has 9 heteroatoms. The Morgan fingerprint density at radius 1 is 1.03 bits per heavy atom. The number of amides is 2. The molecular weight excluding hydrogens is 399 g/mol. The molecule has 6 nitrogen and oxygen atoms in total. The first kappa shape index (κ1) is 21.0. The van der Waals surface area contributed by atoms with E-state index in [-0.39, 0.29) is 18.1 Å². The molecule has 30 heavy (non-hydrogen) atoms. The minimum Gasteiger partial charge on any atom is -0.406 e. The first-order valence-electron chi connectivity index (χ1n) is 8.86. The highest BCUT2D eigenvalue weighted by Gasteiger charge is 2.31. The van der Waals surface area contributed by atoms with Crippen LogP contribution in [0.4, 0.5) is 18.9 Å². The van der Waals surface area contributed by atoms with Crippen LogP contribution < -0.4 is 10.1 Å². The number of carbonyl (C=O) groups is 2. The maximum absolute atomic E-state index is 12.6. The lowest BCUT2D eigenvalue weighted by atomic mass is 10.1. The largest absolute Gasteiger partial charge is 0.573 e. The lowest BCUT2D eigenvalue weighted by Gasteiger charge is -2.17. The van der Waals surface area contributed by atoms with E-state index in [0.717, 1.165) is 17.8 Å². The van der Waals surface area contributed by atoms with Crippen molar-refractivity contribution in [3.05, 3.63) is 78.6 Å². The molecule has 2 aromatic carbocycles. The highest BCUT2D eigenvalue weighted by atomic mass is 19.4. The number of nitrogens with zero attached hydrogens (tertiary/aromatic N) is 2. The Bertz CT molecular complexity index is 1020. The van der Waals surface area contributed by atoms with E-state index in [1.807, 2.05) is 35.2 Å². The lowest BCUT2D eigenvalue weighted by Crippen LogP contribution is -2.35. The molecule has 3 rings (SSSR count). The van der Waals surface area contributed by atoms with Gasteiger partial charge in [0.2, 0.25) is 5.91 Å². The molecule has 0 saturated heterocycles. The molecule has 1 aromatic heterocycles. The summed E-state index contributed by atoms with van der Waals surface area (Å²) in [6.07, 6.45) is -1.08. The molecule has 0 aliphatic heterocycles. The van der Waals surface area contributed by atoms with Gasteiger partial charge in [-0.15, -0.1) is 13.2 Å². The third kappa shape index (κ3) is 5.63. The second-order valence-electron chi connectivity index (χ2n) is 6.42. The van der Waals surface area contributed by atoms with Crippen molar-refractivity contribution in [3.63, 3.8) is 0 Å². The molecule has 0 atom stereocenters. The van der Waals surface area contributed by atoms with Gasteiger partial charge in [-0.05, 0) is 54.6 Å². The predicted molar refractivity (Wildman–Crippen MR) is 104 cm³/mol. The van der Waals surface area contributed by atoms with Gasteiger partial charge in [0.1, 0.15) is 5.75 Å². The number of alkyl halides is 3. The zero-order chi connectivity index (χ0) is 21.7. The van der Waals surface area contributed by atoms with Crippen LogP contribution in [0.15, 0.2) is 73.1 Å².